The summed E-state index contributed by atoms with van der Waals surface area (Å²) in [5.74, 6) is 0.893. The number of carbonyl (C=O) groups is 1. The minimum absolute atomic E-state index is 0.278. The maximum atomic E-state index is 10.7. The van der Waals surface area contributed by atoms with E-state index in [-0.39, 0.29) is 6.42 Å². The molecule has 5 heteroatoms. The van der Waals surface area contributed by atoms with Crippen molar-refractivity contribution >= 4 is 11.8 Å². The lowest BCUT2D eigenvalue weighted by Crippen LogP contribution is -2.36. The maximum absolute atomic E-state index is 10.7. The highest BCUT2D eigenvalue weighted by molar-refractivity contribution is 5.66. The van der Waals surface area contributed by atoms with Crippen molar-refractivity contribution in [2.75, 3.05) is 18.0 Å². The Bertz CT molecular complexity index is 504. The molecule has 1 aliphatic carbocycles. The van der Waals surface area contributed by atoms with Crippen LogP contribution in [0.25, 0.3) is 0 Å². The van der Waals surface area contributed by atoms with Gasteiger partial charge in [-0.2, -0.15) is 0 Å². The second-order valence-electron chi connectivity index (χ2n) is 5.86. The summed E-state index contributed by atoms with van der Waals surface area (Å²) in [5, 5.41) is 8.82. The van der Waals surface area contributed by atoms with E-state index in [0.29, 0.717) is 5.92 Å². The van der Waals surface area contributed by atoms with E-state index in [9.17, 15) is 4.79 Å². The SMILES string of the molecule is O=C(O)CCC1CCCN(c2ncnc3c2CCC3)C1. The molecule has 1 aromatic rings. The van der Waals surface area contributed by atoms with Crippen LogP contribution in [0.2, 0.25) is 0 Å². The van der Waals surface area contributed by atoms with Gasteiger partial charge in [0.2, 0.25) is 0 Å². The Balaban J connectivity index is 1.71. The van der Waals surface area contributed by atoms with Crippen LogP contribution in [0.15, 0.2) is 6.33 Å². The Morgan fingerprint density at radius 3 is 3.10 bits per heavy atom. The van der Waals surface area contributed by atoms with Crippen molar-refractivity contribution in [2.45, 2.75) is 44.9 Å². The fourth-order valence-electron chi connectivity index (χ4n) is 3.44. The van der Waals surface area contributed by atoms with E-state index >= 15 is 0 Å². The molecule has 0 bridgehead atoms. The smallest absolute Gasteiger partial charge is 0.303 e. The highest BCUT2D eigenvalue weighted by Crippen LogP contribution is 2.31. The number of carboxylic acid groups (broad SMARTS) is 1. The zero-order chi connectivity index (χ0) is 13.9. The molecule has 20 heavy (non-hydrogen) atoms. The van der Waals surface area contributed by atoms with Gasteiger partial charge < -0.3 is 10.0 Å². The van der Waals surface area contributed by atoms with Gasteiger partial charge in [-0.1, -0.05) is 0 Å². The first-order chi connectivity index (χ1) is 9.74. The van der Waals surface area contributed by atoms with Crippen LogP contribution in [0.3, 0.4) is 0 Å². The second kappa shape index (κ2) is 5.77. The minimum atomic E-state index is -0.690. The van der Waals surface area contributed by atoms with Gasteiger partial charge >= 0.3 is 5.97 Å². The molecule has 0 aromatic carbocycles. The zero-order valence-electron chi connectivity index (χ0n) is 11.7. The van der Waals surface area contributed by atoms with Crippen LogP contribution in [0.1, 0.15) is 43.4 Å². The van der Waals surface area contributed by atoms with Crippen molar-refractivity contribution in [2.24, 2.45) is 5.92 Å². The number of rotatable bonds is 4. The molecule has 2 heterocycles. The number of hydrogen-bond donors (Lipinski definition) is 1. The third kappa shape index (κ3) is 2.76. The summed E-state index contributed by atoms with van der Waals surface area (Å²) in [7, 11) is 0. The number of aryl methyl sites for hydroxylation is 1. The molecule has 1 unspecified atom stereocenters. The summed E-state index contributed by atoms with van der Waals surface area (Å²) in [4.78, 5) is 21.9. The molecule has 1 saturated heterocycles. The Labute approximate surface area is 119 Å². The number of anilines is 1. The average molecular weight is 275 g/mol. The van der Waals surface area contributed by atoms with Crippen molar-refractivity contribution in [3.8, 4) is 0 Å². The van der Waals surface area contributed by atoms with E-state index in [4.69, 9.17) is 5.11 Å². The quantitative estimate of drug-likeness (QED) is 0.911. The lowest BCUT2D eigenvalue weighted by molar-refractivity contribution is -0.137. The predicted molar refractivity (Wildman–Crippen MR) is 75.9 cm³/mol. The third-order valence-corrected chi connectivity index (χ3v) is 4.44. The molecule has 0 amide bonds. The molecule has 1 atom stereocenters. The number of aromatic nitrogens is 2. The molecular weight excluding hydrogens is 254 g/mol. The van der Waals surface area contributed by atoms with Gasteiger partial charge in [-0.05, 0) is 44.4 Å². The summed E-state index contributed by atoms with van der Waals surface area (Å²) < 4.78 is 0. The van der Waals surface area contributed by atoms with Gasteiger partial charge in [-0.25, -0.2) is 9.97 Å². The molecule has 1 fully saturated rings. The Morgan fingerprint density at radius 2 is 2.25 bits per heavy atom. The Hall–Kier alpha value is -1.65. The van der Waals surface area contributed by atoms with E-state index in [0.717, 1.165) is 51.0 Å². The molecule has 1 aromatic heterocycles. The van der Waals surface area contributed by atoms with Gasteiger partial charge in [0.25, 0.3) is 0 Å². The van der Waals surface area contributed by atoms with Crippen molar-refractivity contribution < 1.29 is 9.90 Å². The summed E-state index contributed by atoms with van der Waals surface area (Å²) >= 11 is 0. The summed E-state index contributed by atoms with van der Waals surface area (Å²) in [5.41, 5.74) is 2.54. The van der Waals surface area contributed by atoms with Crippen LogP contribution in [-0.4, -0.2) is 34.1 Å². The first kappa shape index (κ1) is 13.3. The van der Waals surface area contributed by atoms with E-state index in [1.807, 2.05) is 0 Å². The van der Waals surface area contributed by atoms with Gasteiger partial charge in [0, 0.05) is 30.8 Å². The zero-order valence-corrected chi connectivity index (χ0v) is 11.7. The minimum Gasteiger partial charge on any atom is -0.481 e. The predicted octanol–water partition coefficient (Wildman–Crippen LogP) is 2.05. The fraction of sp³-hybridized carbons (Fsp3) is 0.667. The summed E-state index contributed by atoms with van der Waals surface area (Å²) in [6, 6.07) is 0. The van der Waals surface area contributed by atoms with Crippen molar-refractivity contribution in [3.63, 3.8) is 0 Å². The van der Waals surface area contributed by atoms with Gasteiger partial charge in [-0.15, -0.1) is 0 Å². The number of piperidine rings is 1. The number of hydrogen-bond acceptors (Lipinski definition) is 4. The van der Waals surface area contributed by atoms with Gasteiger partial charge in [0.1, 0.15) is 12.1 Å². The standard InChI is InChI=1S/C15H21N3O2/c19-14(20)7-6-11-3-2-8-18(9-11)15-12-4-1-5-13(12)16-10-17-15/h10-11H,1-9H2,(H,19,20). The molecule has 0 radical (unpaired) electrons. The first-order valence-electron chi connectivity index (χ1n) is 7.53. The van der Waals surface area contributed by atoms with Crippen LogP contribution >= 0.6 is 0 Å². The summed E-state index contributed by atoms with van der Waals surface area (Å²) in [6.07, 6.45) is 8.33. The van der Waals surface area contributed by atoms with Crippen molar-refractivity contribution in [3.05, 3.63) is 17.6 Å². The molecule has 5 nitrogen and oxygen atoms in total. The first-order valence-corrected chi connectivity index (χ1v) is 7.53. The highest BCUT2D eigenvalue weighted by atomic mass is 16.4. The monoisotopic (exact) mass is 275 g/mol. The third-order valence-electron chi connectivity index (χ3n) is 4.44. The normalized spacial score (nSPS) is 21.8. The molecule has 0 spiro atoms. The molecule has 1 aliphatic heterocycles. The molecule has 1 N–H and O–H groups in total. The lowest BCUT2D eigenvalue weighted by Gasteiger charge is -2.34. The van der Waals surface area contributed by atoms with Gasteiger partial charge in [-0.3, -0.25) is 4.79 Å². The van der Waals surface area contributed by atoms with E-state index in [1.165, 1.54) is 17.7 Å². The van der Waals surface area contributed by atoms with Gasteiger partial charge in [0.15, 0.2) is 0 Å². The largest absolute Gasteiger partial charge is 0.481 e. The van der Waals surface area contributed by atoms with Crippen LogP contribution in [0, 0.1) is 5.92 Å². The Morgan fingerprint density at radius 1 is 1.35 bits per heavy atom. The van der Waals surface area contributed by atoms with E-state index in [2.05, 4.69) is 14.9 Å². The van der Waals surface area contributed by atoms with Crippen LogP contribution in [0.5, 0.6) is 0 Å². The number of fused-ring (bicyclic) bond motifs is 1. The lowest BCUT2D eigenvalue weighted by atomic mass is 9.93. The molecule has 108 valence electrons. The van der Waals surface area contributed by atoms with Crippen molar-refractivity contribution in [1.29, 1.82) is 0 Å². The summed E-state index contributed by atoms with van der Waals surface area (Å²) in [6.45, 7) is 1.98. The molecule has 3 rings (SSSR count). The molecule has 0 saturated carbocycles. The van der Waals surface area contributed by atoms with Crippen LogP contribution in [-0.2, 0) is 17.6 Å². The highest BCUT2D eigenvalue weighted by Gasteiger charge is 2.26. The Kier molecular flexibility index (Phi) is 3.85. The molecule has 2 aliphatic rings. The van der Waals surface area contributed by atoms with Crippen molar-refractivity contribution in [1.82, 2.24) is 9.97 Å². The number of carboxylic acids is 1. The van der Waals surface area contributed by atoms with E-state index < -0.39 is 5.97 Å². The topological polar surface area (TPSA) is 66.3 Å². The van der Waals surface area contributed by atoms with E-state index in [1.54, 1.807) is 6.33 Å². The average Bonchev–Trinajstić information content (AvgIpc) is 2.93. The fourth-order valence-corrected chi connectivity index (χ4v) is 3.44. The number of nitrogens with zero attached hydrogens (tertiary/aromatic N) is 3. The van der Waals surface area contributed by atoms with Crippen LogP contribution < -0.4 is 4.90 Å². The molecular formula is C15H21N3O2. The second-order valence-corrected chi connectivity index (χ2v) is 5.86. The van der Waals surface area contributed by atoms with Gasteiger partial charge in [0.05, 0.1) is 0 Å². The van der Waals surface area contributed by atoms with Crippen LogP contribution in [0.4, 0.5) is 5.82 Å². The maximum Gasteiger partial charge on any atom is 0.303 e. The number of aliphatic carboxylic acids is 1.